The summed E-state index contributed by atoms with van der Waals surface area (Å²) in [6.45, 7) is 5.94. The van der Waals surface area contributed by atoms with Crippen molar-refractivity contribution in [2.24, 2.45) is 5.92 Å². The zero-order chi connectivity index (χ0) is 29.2. The number of hydrogen-bond acceptors (Lipinski definition) is 3. The molecule has 4 aromatic rings. The quantitative estimate of drug-likeness (QED) is 0.200. The fourth-order valence-corrected chi connectivity index (χ4v) is 4.73. The highest BCUT2D eigenvalue weighted by Crippen LogP contribution is 2.18. The molecular formula is C33H37ClN4O3. The van der Waals surface area contributed by atoms with E-state index in [-0.39, 0.29) is 24.4 Å². The SMILES string of the molecule is COc1cccc(Cn2cccc2CN(Cc2ccccc2)C(=O)CN(CC(C)C)C(=O)Nc2ccc(Cl)cc2)c1. The summed E-state index contributed by atoms with van der Waals surface area (Å²) < 4.78 is 7.53. The van der Waals surface area contributed by atoms with Crippen LogP contribution in [0.5, 0.6) is 5.75 Å². The number of urea groups is 1. The first-order valence-electron chi connectivity index (χ1n) is 13.7. The first-order chi connectivity index (χ1) is 19.8. The molecule has 7 nitrogen and oxygen atoms in total. The van der Waals surface area contributed by atoms with Gasteiger partial charge in [-0.15, -0.1) is 0 Å². The highest BCUT2D eigenvalue weighted by Gasteiger charge is 2.23. The Kier molecular flexibility index (Phi) is 10.5. The third-order valence-corrected chi connectivity index (χ3v) is 6.88. The molecule has 3 aromatic carbocycles. The number of nitrogens with one attached hydrogen (secondary N) is 1. The van der Waals surface area contributed by atoms with Crippen molar-refractivity contribution < 1.29 is 14.3 Å². The van der Waals surface area contributed by atoms with Gasteiger partial charge in [0.25, 0.3) is 0 Å². The van der Waals surface area contributed by atoms with Crippen molar-refractivity contribution in [2.45, 2.75) is 33.5 Å². The van der Waals surface area contributed by atoms with Gasteiger partial charge in [0, 0.05) is 42.2 Å². The molecule has 0 spiro atoms. The maximum Gasteiger partial charge on any atom is 0.322 e. The highest BCUT2D eigenvalue weighted by atomic mass is 35.5. The minimum atomic E-state index is -0.324. The number of amides is 3. The van der Waals surface area contributed by atoms with E-state index in [1.54, 1.807) is 36.3 Å². The second-order valence-corrected chi connectivity index (χ2v) is 10.9. The van der Waals surface area contributed by atoms with Crippen molar-refractivity contribution in [3.63, 3.8) is 0 Å². The standard InChI is InChI=1S/C33H37ClN4O3/c1-25(2)20-38(33(40)35-29-16-14-28(34)15-17-29)24-32(39)37(21-26-9-5-4-6-10-26)23-30-12-8-18-36(30)22-27-11-7-13-31(19-27)41-3/h4-19,25H,20-24H2,1-3H3,(H,35,40). The molecule has 0 unspecified atom stereocenters. The number of anilines is 1. The van der Waals surface area contributed by atoms with Crippen LogP contribution in [-0.2, 0) is 24.4 Å². The molecule has 8 heteroatoms. The molecule has 0 aliphatic carbocycles. The summed E-state index contributed by atoms with van der Waals surface area (Å²) in [6, 6.07) is 28.5. The average molecular weight is 573 g/mol. The lowest BCUT2D eigenvalue weighted by Gasteiger charge is -2.29. The Hall–Kier alpha value is -4.23. The van der Waals surface area contributed by atoms with Gasteiger partial charge in [0.2, 0.25) is 5.91 Å². The number of rotatable bonds is 12. The number of halogens is 1. The van der Waals surface area contributed by atoms with Gasteiger partial charge in [-0.3, -0.25) is 4.79 Å². The van der Waals surface area contributed by atoms with Gasteiger partial charge in [-0.25, -0.2) is 4.79 Å². The molecule has 0 fully saturated rings. The fraction of sp³-hybridized carbons (Fsp3) is 0.273. The van der Waals surface area contributed by atoms with Gasteiger partial charge in [0.1, 0.15) is 12.3 Å². The van der Waals surface area contributed by atoms with Crippen LogP contribution in [0.4, 0.5) is 10.5 Å². The highest BCUT2D eigenvalue weighted by molar-refractivity contribution is 6.30. The van der Waals surface area contributed by atoms with Crippen LogP contribution < -0.4 is 10.1 Å². The minimum absolute atomic E-state index is 0.0406. The van der Waals surface area contributed by atoms with Crippen LogP contribution in [0.2, 0.25) is 5.02 Å². The van der Waals surface area contributed by atoms with Gasteiger partial charge < -0.3 is 24.4 Å². The number of carbonyl (C=O) groups is 2. The molecule has 0 aliphatic heterocycles. The van der Waals surface area contributed by atoms with Gasteiger partial charge in [-0.2, -0.15) is 0 Å². The lowest BCUT2D eigenvalue weighted by atomic mass is 10.2. The molecule has 0 saturated heterocycles. The Labute approximate surface area is 247 Å². The van der Waals surface area contributed by atoms with Crippen molar-refractivity contribution in [2.75, 3.05) is 25.5 Å². The predicted molar refractivity (Wildman–Crippen MR) is 164 cm³/mol. The molecule has 0 saturated carbocycles. The van der Waals surface area contributed by atoms with Crippen molar-refractivity contribution >= 4 is 29.2 Å². The molecule has 0 bridgehead atoms. The molecule has 1 N–H and O–H groups in total. The number of nitrogens with zero attached hydrogens (tertiary/aromatic N) is 3. The lowest BCUT2D eigenvalue weighted by molar-refractivity contribution is -0.133. The third kappa shape index (κ3) is 8.88. The first kappa shape index (κ1) is 29.7. The monoisotopic (exact) mass is 572 g/mol. The molecule has 3 amide bonds. The maximum atomic E-state index is 13.9. The van der Waals surface area contributed by atoms with E-state index in [4.69, 9.17) is 16.3 Å². The smallest absolute Gasteiger partial charge is 0.322 e. The zero-order valence-electron chi connectivity index (χ0n) is 23.8. The Balaban J connectivity index is 1.54. The second kappa shape index (κ2) is 14.4. The van der Waals surface area contributed by atoms with Crippen LogP contribution in [-0.4, -0.2) is 46.5 Å². The predicted octanol–water partition coefficient (Wildman–Crippen LogP) is 6.92. The topological polar surface area (TPSA) is 66.8 Å². The molecule has 41 heavy (non-hydrogen) atoms. The molecule has 0 aliphatic rings. The molecule has 1 heterocycles. The van der Waals surface area contributed by atoms with Crippen LogP contribution in [0.1, 0.15) is 30.7 Å². The Morgan fingerprint density at radius 1 is 0.878 bits per heavy atom. The Morgan fingerprint density at radius 3 is 2.32 bits per heavy atom. The van der Waals surface area contributed by atoms with Crippen LogP contribution in [0.15, 0.2) is 97.2 Å². The van der Waals surface area contributed by atoms with Gasteiger partial charge in [0.05, 0.1) is 13.7 Å². The maximum absolute atomic E-state index is 13.9. The van der Waals surface area contributed by atoms with Crippen molar-refractivity contribution in [1.29, 1.82) is 0 Å². The summed E-state index contributed by atoms with van der Waals surface area (Å²) in [4.78, 5) is 30.5. The first-order valence-corrected chi connectivity index (χ1v) is 14.1. The molecule has 214 valence electrons. The molecule has 0 atom stereocenters. The second-order valence-electron chi connectivity index (χ2n) is 10.4. The van der Waals surface area contributed by atoms with Gasteiger partial charge in [-0.1, -0.05) is 67.9 Å². The van der Waals surface area contributed by atoms with E-state index in [0.717, 1.165) is 22.6 Å². The van der Waals surface area contributed by atoms with E-state index in [0.29, 0.717) is 36.9 Å². The summed E-state index contributed by atoms with van der Waals surface area (Å²) in [6.07, 6.45) is 2.02. The molecule has 0 radical (unpaired) electrons. The van der Waals surface area contributed by atoms with Crippen LogP contribution in [0.25, 0.3) is 0 Å². The van der Waals surface area contributed by atoms with Gasteiger partial charge >= 0.3 is 6.03 Å². The number of hydrogen-bond donors (Lipinski definition) is 1. The summed E-state index contributed by atoms with van der Waals surface area (Å²) in [5, 5.41) is 3.49. The third-order valence-electron chi connectivity index (χ3n) is 6.63. The number of carbonyl (C=O) groups excluding carboxylic acids is 2. The van der Waals surface area contributed by atoms with Crippen LogP contribution >= 0.6 is 11.6 Å². The van der Waals surface area contributed by atoms with Crippen molar-refractivity contribution in [3.8, 4) is 5.75 Å². The number of aromatic nitrogens is 1. The zero-order valence-corrected chi connectivity index (χ0v) is 24.6. The lowest BCUT2D eigenvalue weighted by Crippen LogP contribution is -2.45. The fourth-order valence-electron chi connectivity index (χ4n) is 4.61. The van der Waals surface area contributed by atoms with Crippen molar-refractivity contribution in [3.05, 3.63) is 119 Å². The van der Waals surface area contributed by atoms with Gasteiger partial charge in [-0.05, 0) is 65.6 Å². The Bertz CT molecular complexity index is 1420. The van der Waals surface area contributed by atoms with E-state index in [1.807, 2.05) is 85.6 Å². The van der Waals surface area contributed by atoms with Crippen LogP contribution in [0, 0.1) is 5.92 Å². The summed E-state index contributed by atoms with van der Waals surface area (Å²) in [5.74, 6) is 0.857. The number of methoxy groups -OCH3 is 1. The van der Waals surface area contributed by atoms with Gasteiger partial charge in [0.15, 0.2) is 0 Å². The Morgan fingerprint density at radius 2 is 1.61 bits per heavy atom. The van der Waals surface area contributed by atoms with E-state index in [9.17, 15) is 9.59 Å². The van der Waals surface area contributed by atoms with Crippen molar-refractivity contribution in [1.82, 2.24) is 14.4 Å². The summed E-state index contributed by atoms with van der Waals surface area (Å²) in [7, 11) is 1.66. The summed E-state index contributed by atoms with van der Waals surface area (Å²) >= 11 is 6.00. The molecule has 4 rings (SSSR count). The van der Waals surface area contributed by atoms with E-state index >= 15 is 0 Å². The van der Waals surface area contributed by atoms with E-state index in [2.05, 4.69) is 16.0 Å². The minimum Gasteiger partial charge on any atom is -0.497 e. The normalized spacial score (nSPS) is 10.9. The summed E-state index contributed by atoms with van der Waals surface area (Å²) in [5.41, 5.74) is 3.74. The average Bonchev–Trinajstić information content (AvgIpc) is 3.40. The van der Waals surface area contributed by atoms with E-state index in [1.165, 1.54) is 0 Å². The molecular weight excluding hydrogens is 536 g/mol. The molecule has 1 aromatic heterocycles. The number of benzene rings is 3. The number of ether oxygens (including phenoxy) is 1. The van der Waals surface area contributed by atoms with Crippen LogP contribution in [0.3, 0.4) is 0 Å². The largest absolute Gasteiger partial charge is 0.497 e. The van der Waals surface area contributed by atoms with E-state index < -0.39 is 0 Å².